The lowest BCUT2D eigenvalue weighted by atomic mass is 10.2. The number of aliphatic carboxylic acids is 1. The highest BCUT2D eigenvalue weighted by molar-refractivity contribution is 6.00. The minimum atomic E-state index is -5.08. The number of rotatable bonds is 4. The molecule has 0 saturated carbocycles. The van der Waals surface area contributed by atoms with Crippen LogP contribution in [-0.4, -0.2) is 52.3 Å². The molecule has 1 amide bonds. The Morgan fingerprint density at radius 3 is 2.35 bits per heavy atom. The second-order valence-electron chi connectivity index (χ2n) is 4.44. The Morgan fingerprint density at radius 2 is 1.81 bits per heavy atom. The second kappa shape index (κ2) is 8.51. The van der Waals surface area contributed by atoms with E-state index >= 15 is 0 Å². The summed E-state index contributed by atoms with van der Waals surface area (Å²) in [7, 11) is 0. The molecule has 0 aliphatic carbocycles. The van der Waals surface area contributed by atoms with Crippen molar-refractivity contribution < 1.29 is 45.8 Å². The van der Waals surface area contributed by atoms with Gasteiger partial charge in [0.15, 0.2) is 0 Å². The second-order valence-corrected chi connectivity index (χ2v) is 4.44. The molecule has 13 heteroatoms. The lowest BCUT2D eigenvalue weighted by Gasteiger charge is -2.07. The first kappa shape index (κ1) is 21.2. The summed E-state index contributed by atoms with van der Waals surface area (Å²) in [4.78, 5) is 20.6. The highest BCUT2D eigenvalue weighted by Crippen LogP contribution is 2.15. The molecule has 2 N–H and O–H groups in total. The summed E-state index contributed by atoms with van der Waals surface area (Å²) in [6.07, 6.45) is -6.75. The third-order valence-corrected chi connectivity index (χ3v) is 2.57. The summed E-state index contributed by atoms with van der Waals surface area (Å²) in [5.41, 5.74) is 0.879. The smallest absolute Gasteiger partial charge is 0.475 e. The van der Waals surface area contributed by atoms with Gasteiger partial charge < -0.3 is 10.4 Å². The number of carbonyl (C=O) groups excluding carboxylic acids is 1. The van der Waals surface area contributed by atoms with Crippen molar-refractivity contribution in [2.45, 2.75) is 12.5 Å². The Bertz CT molecular complexity index is 756. The number of fused-ring (bicyclic) bond motifs is 1. The van der Waals surface area contributed by atoms with E-state index in [1.165, 1.54) is 10.7 Å². The SMILES string of the molecule is O=C(NCCOC(F)(F)F)c1cnn2ccccc12.O=C(O)C(F)(F)F. The molecule has 0 atom stereocenters. The van der Waals surface area contributed by atoms with E-state index in [-0.39, 0.29) is 6.54 Å². The van der Waals surface area contributed by atoms with Crippen LogP contribution in [-0.2, 0) is 9.53 Å². The zero-order valence-corrected chi connectivity index (χ0v) is 12.6. The van der Waals surface area contributed by atoms with Gasteiger partial charge >= 0.3 is 18.5 Å². The van der Waals surface area contributed by atoms with E-state index in [4.69, 9.17) is 9.90 Å². The number of nitrogens with zero attached hydrogens (tertiary/aromatic N) is 2. The molecule has 0 aromatic carbocycles. The average Bonchev–Trinajstić information content (AvgIpc) is 2.94. The Hall–Kier alpha value is -2.83. The largest absolute Gasteiger partial charge is 0.522 e. The van der Waals surface area contributed by atoms with Gasteiger partial charge in [0.05, 0.1) is 23.9 Å². The molecule has 0 bridgehead atoms. The van der Waals surface area contributed by atoms with Crippen molar-refractivity contribution in [2.75, 3.05) is 13.2 Å². The van der Waals surface area contributed by atoms with Gasteiger partial charge in [0.25, 0.3) is 5.91 Å². The van der Waals surface area contributed by atoms with Crippen molar-refractivity contribution in [1.82, 2.24) is 14.9 Å². The number of halogens is 6. The van der Waals surface area contributed by atoms with Crippen molar-refractivity contribution in [3.05, 3.63) is 36.2 Å². The van der Waals surface area contributed by atoms with E-state index < -0.39 is 31.0 Å². The standard InChI is InChI=1S/C11H10F3N3O2.C2HF3O2/c12-11(13,14)19-6-4-15-10(18)8-7-16-17-5-2-1-3-9(8)17;3-2(4,5)1(6)7/h1-3,5,7H,4,6H2,(H,15,18);(H,6,7). The van der Waals surface area contributed by atoms with Gasteiger partial charge in [0, 0.05) is 12.7 Å². The topological polar surface area (TPSA) is 92.9 Å². The number of ether oxygens (including phenoxy) is 1. The average molecular weight is 387 g/mol. The maximum absolute atomic E-state index is 11.7. The van der Waals surface area contributed by atoms with Gasteiger partial charge in [-0.05, 0) is 12.1 Å². The molecule has 0 fully saturated rings. The van der Waals surface area contributed by atoms with E-state index in [9.17, 15) is 31.1 Å². The van der Waals surface area contributed by atoms with Gasteiger partial charge in [0.2, 0.25) is 0 Å². The van der Waals surface area contributed by atoms with E-state index in [1.807, 2.05) is 0 Å². The van der Waals surface area contributed by atoms with E-state index in [0.717, 1.165) is 0 Å². The number of carboxylic acids is 1. The van der Waals surface area contributed by atoms with Crippen LogP contribution in [0.15, 0.2) is 30.6 Å². The lowest BCUT2D eigenvalue weighted by Crippen LogP contribution is -2.29. The summed E-state index contributed by atoms with van der Waals surface area (Å²) in [5, 5.41) is 13.4. The molecule has 2 rings (SSSR count). The normalized spacial score (nSPS) is 11.6. The lowest BCUT2D eigenvalue weighted by molar-refractivity contribution is -0.323. The van der Waals surface area contributed by atoms with E-state index in [0.29, 0.717) is 11.1 Å². The highest BCUT2D eigenvalue weighted by atomic mass is 19.4. The molecule has 2 heterocycles. The van der Waals surface area contributed by atoms with Crippen LogP contribution >= 0.6 is 0 Å². The van der Waals surface area contributed by atoms with E-state index in [1.54, 1.807) is 24.4 Å². The number of pyridine rings is 1. The molecule has 2 aromatic heterocycles. The molecule has 26 heavy (non-hydrogen) atoms. The van der Waals surface area contributed by atoms with Crippen LogP contribution in [0.3, 0.4) is 0 Å². The Morgan fingerprint density at radius 1 is 1.19 bits per heavy atom. The number of hydrogen-bond donors (Lipinski definition) is 2. The molecular weight excluding hydrogens is 376 g/mol. The van der Waals surface area contributed by atoms with Crippen LogP contribution in [0.4, 0.5) is 26.3 Å². The molecule has 144 valence electrons. The molecule has 2 aromatic rings. The van der Waals surface area contributed by atoms with Crippen molar-refractivity contribution in [2.24, 2.45) is 0 Å². The zero-order valence-electron chi connectivity index (χ0n) is 12.6. The van der Waals surface area contributed by atoms with Gasteiger partial charge in [-0.15, -0.1) is 13.2 Å². The first-order valence-corrected chi connectivity index (χ1v) is 6.63. The highest BCUT2D eigenvalue weighted by Gasteiger charge is 2.38. The maximum atomic E-state index is 11.7. The minimum Gasteiger partial charge on any atom is -0.475 e. The fraction of sp³-hybridized carbons (Fsp3) is 0.308. The number of nitrogens with one attached hydrogen (secondary N) is 1. The Labute approximate surface area is 141 Å². The quantitative estimate of drug-likeness (QED) is 0.620. The molecule has 7 nitrogen and oxygen atoms in total. The Balaban J connectivity index is 0.000000412. The van der Waals surface area contributed by atoms with Crippen LogP contribution in [0.1, 0.15) is 10.4 Å². The Kier molecular flexibility index (Phi) is 6.94. The minimum absolute atomic E-state index is 0.234. The number of aromatic nitrogens is 2. The molecule has 0 saturated heterocycles. The van der Waals surface area contributed by atoms with Gasteiger partial charge in [-0.1, -0.05) is 6.07 Å². The predicted octanol–water partition coefficient (Wildman–Crippen LogP) is 2.23. The predicted molar refractivity (Wildman–Crippen MR) is 73.2 cm³/mol. The van der Waals surface area contributed by atoms with Gasteiger partial charge in [-0.2, -0.15) is 18.3 Å². The first-order chi connectivity index (χ1) is 11.9. The fourth-order valence-electron chi connectivity index (χ4n) is 1.54. The molecular formula is C13H11F6N3O4. The molecule has 0 unspecified atom stereocenters. The number of carbonyl (C=O) groups is 2. The maximum Gasteiger partial charge on any atom is 0.522 e. The molecule has 0 aliphatic rings. The van der Waals surface area contributed by atoms with Crippen LogP contribution in [0.2, 0.25) is 0 Å². The molecule has 0 radical (unpaired) electrons. The van der Waals surface area contributed by atoms with E-state index in [2.05, 4.69) is 15.2 Å². The summed E-state index contributed by atoms with van der Waals surface area (Å²) < 4.78 is 71.9. The monoisotopic (exact) mass is 387 g/mol. The summed E-state index contributed by atoms with van der Waals surface area (Å²) in [6, 6.07) is 5.17. The van der Waals surface area contributed by atoms with Crippen molar-refractivity contribution >= 4 is 17.4 Å². The van der Waals surface area contributed by atoms with Crippen molar-refractivity contribution in [3.8, 4) is 0 Å². The number of carboxylic acid groups (broad SMARTS) is 1. The van der Waals surface area contributed by atoms with Gasteiger partial charge in [0.1, 0.15) is 0 Å². The van der Waals surface area contributed by atoms with Gasteiger partial charge in [-0.3, -0.25) is 9.53 Å². The summed E-state index contributed by atoms with van der Waals surface area (Å²) in [5.74, 6) is -3.25. The summed E-state index contributed by atoms with van der Waals surface area (Å²) >= 11 is 0. The third-order valence-electron chi connectivity index (χ3n) is 2.57. The van der Waals surface area contributed by atoms with Crippen LogP contribution in [0.5, 0.6) is 0 Å². The van der Waals surface area contributed by atoms with Crippen LogP contribution < -0.4 is 5.32 Å². The van der Waals surface area contributed by atoms with Crippen LogP contribution in [0.25, 0.3) is 5.52 Å². The van der Waals surface area contributed by atoms with Crippen LogP contribution in [0, 0.1) is 0 Å². The summed E-state index contributed by atoms with van der Waals surface area (Å²) in [6.45, 7) is -0.864. The van der Waals surface area contributed by atoms with Gasteiger partial charge in [-0.25, -0.2) is 9.31 Å². The van der Waals surface area contributed by atoms with Crippen molar-refractivity contribution in [3.63, 3.8) is 0 Å². The zero-order chi connectivity index (χ0) is 20.0. The third kappa shape index (κ3) is 6.96. The number of amides is 1. The molecule has 0 spiro atoms. The number of hydrogen-bond acceptors (Lipinski definition) is 4. The molecule has 0 aliphatic heterocycles. The van der Waals surface area contributed by atoms with Crippen molar-refractivity contribution in [1.29, 1.82) is 0 Å². The number of alkyl halides is 6. The first-order valence-electron chi connectivity index (χ1n) is 6.63. The fourth-order valence-corrected chi connectivity index (χ4v) is 1.54.